The standard InChI is InChI=1S/C17H22O5/c1-6-17(5)7-12(19)13-10(3)16(20)22-15(13)14(17)9(2)8-21-11(4)18/h6,12-15,19H,1-3,7-8H2,4-5H3. The Morgan fingerprint density at radius 3 is 2.77 bits per heavy atom. The maximum Gasteiger partial charge on any atom is 0.334 e. The number of hydrogen-bond acceptors (Lipinski definition) is 5. The second-order valence-electron chi connectivity index (χ2n) is 6.32. The predicted octanol–water partition coefficient (Wildman–Crippen LogP) is 1.78. The summed E-state index contributed by atoms with van der Waals surface area (Å²) < 4.78 is 10.5. The highest BCUT2D eigenvalue weighted by Gasteiger charge is 2.57. The van der Waals surface area contributed by atoms with Crippen LogP contribution in [0.15, 0.2) is 37.0 Å². The van der Waals surface area contributed by atoms with Crippen molar-refractivity contribution in [3.8, 4) is 0 Å². The topological polar surface area (TPSA) is 72.8 Å². The molecule has 5 heteroatoms. The van der Waals surface area contributed by atoms with Crippen LogP contribution in [0.25, 0.3) is 0 Å². The molecule has 1 heterocycles. The molecule has 22 heavy (non-hydrogen) atoms. The molecule has 2 aliphatic rings. The van der Waals surface area contributed by atoms with Gasteiger partial charge in [-0.3, -0.25) is 4.79 Å². The Balaban J connectivity index is 2.35. The maximum absolute atomic E-state index is 11.8. The van der Waals surface area contributed by atoms with Gasteiger partial charge in [0.2, 0.25) is 0 Å². The van der Waals surface area contributed by atoms with Crippen LogP contribution in [0, 0.1) is 17.3 Å². The number of hydrogen-bond donors (Lipinski definition) is 1. The zero-order chi connectivity index (χ0) is 16.7. The lowest BCUT2D eigenvalue weighted by molar-refractivity contribution is -0.148. The van der Waals surface area contributed by atoms with Gasteiger partial charge >= 0.3 is 11.9 Å². The lowest BCUT2D eigenvalue weighted by atomic mass is 9.59. The number of aliphatic hydroxyl groups is 1. The van der Waals surface area contributed by atoms with Gasteiger partial charge in [0.1, 0.15) is 12.7 Å². The molecule has 2 fully saturated rings. The number of ether oxygens (including phenoxy) is 2. The van der Waals surface area contributed by atoms with Gasteiger partial charge in [0.15, 0.2) is 0 Å². The number of carbonyl (C=O) groups excluding carboxylic acids is 2. The summed E-state index contributed by atoms with van der Waals surface area (Å²) in [5, 5.41) is 10.4. The van der Waals surface area contributed by atoms with E-state index in [1.807, 2.05) is 6.92 Å². The van der Waals surface area contributed by atoms with Gasteiger partial charge in [-0.25, -0.2) is 4.79 Å². The zero-order valence-electron chi connectivity index (χ0n) is 13.0. The first kappa shape index (κ1) is 16.5. The van der Waals surface area contributed by atoms with Gasteiger partial charge in [0, 0.05) is 18.4 Å². The molecule has 0 bridgehead atoms. The van der Waals surface area contributed by atoms with E-state index in [4.69, 9.17) is 9.47 Å². The fraction of sp³-hybridized carbons (Fsp3) is 0.529. The van der Waals surface area contributed by atoms with Crippen LogP contribution in [-0.2, 0) is 19.1 Å². The minimum absolute atomic E-state index is 0.0484. The molecule has 120 valence electrons. The van der Waals surface area contributed by atoms with E-state index in [1.54, 1.807) is 6.08 Å². The Morgan fingerprint density at radius 2 is 2.23 bits per heavy atom. The van der Waals surface area contributed by atoms with Crippen LogP contribution in [0.3, 0.4) is 0 Å². The van der Waals surface area contributed by atoms with E-state index in [-0.39, 0.29) is 18.1 Å². The molecule has 0 aromatic carbocycles. The maximum atomic E-state index is 11.8. The van der Waals surface area contributed by atoms with Gasteiger partial charge in [-0.1, -0.05) is 26.2 Å². The highest BCUT2D eigenvalue weighted by Crippen LogP contribution is 2.52. The molecular weight excluding hydrogens is 284 g/mol. The Bertz CT molecular complexity index is 549. The number of fused-ring (bicyclic) bond motifs is 1. The van der Waals surface area contributed by atoms with Crippen LogP contribution >= 0.6 is 0 Å². The molecule has 0 aromatic heterocycles. The van der Waals surface area contributed by atoms with Crippen molar-refractivity contribution in [2.75, 3.05) is 6.61 Å². The predicted molar refractivity (Wildman–Crippen MR) is 80.7 cm³/mol. The average molecular weight is 306 g/mol. The van der Waals surface area contributed by atoms with Crippen molar-refractivity contribution >= 4 is 11.9 Å². The van der Waals surface area contributed by atoms with Crippen molar-refractivity contribution in [1.82, 2.24) is 0 Å². The molecule has 1 N–H and O–H groups in total. The molecule has 2 rings (SSSR count). The summed E-state index contributed by atoms with van der Waals surface area (Å²) in [6.45, 7) is 14.9. The van der Waals surface area contributed by atoms with E-state index >= 15 is 0 Å². The second kappa shape index (κ2) is 5.72. The molecule has 0 spiro atoms. The summed E-state index contributed by atoms with van der Waals surface area (Å²) in [6, 6.07) is 0. The van der Waals surface area contributed by atoms with Gasteiger partial charge in [-0.05, 0) is 17.4 Å². The first-order valence-corrected chi connectivity index (χ1v) is 7.23. The third-order valence-electron chi connectivity index (χ3n) is 4.73. The van der Waals surface area contributed by atoms with Gasteiger partial charge in [0.05, 0.1) is 12.0 Å². The zero-order valence-corrected chi connectivity index (χ0v) is 13.0. The van der Waals surface area contributed by atoms with Gasteiger partial charge in [0.25, 0.3) is 0 Å². The van der Waals surface area contributed by atoms with Crippen LogP contribution in [0.2, 0.25) is 0 Å². The van der Waals surface area contributed by atoms with Crippen molar-refractivity contribution in [1.29, 1.82) is 0 Å². The molecule has 1 saturated heterocycles. The summed E-state index contributed by atoms with van der Waals surface area (Å²) in [6.07, 6.45) is 0.863. The van der Waals surface area contributed by atoms with Crippen LogP contribution in [0.1, 0.15) is 20.3 Å². The van der Waals surface area contributed by atoms with Crippen LogP contribution < -0.4 is 0 Å². The van der Waals surface area contributed by atoms with Crippen LogP contribution in [0.5, 0.6) is 0 Å². The fourth-order valence-electron chi connectivity index (χ4n) is 3.61. The van der Waals surface area contributed by atoms with Crippen molar-refractivity contribution in [2.45, 2.75) is 32.5 Å². The molecule has 1 aliphatic heterocycles. The Hall–Kier alpha value is -1.88. The van der Waals surface area contributed by atoms with Crippen molar-refractivity contribution in [2.24, 2.45) is 17.3 Å². The first-order chi connectivity index (χ1) is 10.2. The molecule has 5 nitrogen and oxygen atoms in total. The summed E-state index contributed by atoms with van der Waals surface area (Å²) in [5.74, 6) is -1.64. The number of aliphatic hydroxyl groups excluding tert-OH is 1. The number of carbonyl (C=O) groups is 2. The van der Waals surface area contributed by atoms with Gasteiger partial charge < -0.3 is 14.6 Å². The largest absolute Gasteiger partial charge is 0.461 e. The monoisotopic (exact) mass is 306 g/mol. The molecular formula is C17H22O5. The average Bonchev–Trinajstić information content (AvgIpc) is 2.72. The summed E-state index contributed by atoms with van der Waals surface area (Å²) in [4.78, 5) is 22.9. The van der Waals surface area contributed by atoms with Crippen LogP contribution in [0.4, 0.5) is 0 Å². The summed E-state index contributed by atoms with van der Waals surface area (Å²) in [5.41, 5.74) is 0.416. The van der Waals surface area contributed by atoms with Crippen molar-refractivity contribution in [3.63, 3.8) is 0 Å². The van der Waals surface area contributed by atoms with Crippen molar-refractivity contribution < 1.29 is 24.2 Å². The number of allylic oxidation sites excluding steroid dienone is 1. The molecule has 0 aromatic rings. The highest BCUT2D eigenvalue weighted by atomic mass is 16.6. The van der Waals surface area contributed by atoms with E-state index in [9.17, 15) is 14.7 Å². The Kier molecular flexibility index (Phi) is 4.29. The lowest BCUT2D eigenvalue weighted by Gasteiger charge is -2.47. The van der Waals surface area contributed by atoms with E-state index < -0.39 is 35.5 Å². The normalized spacial score (nSPS) is 37.2. The quantitative estimate of drug-likeness (QED) is 0.487. The lowest BCUT2D eigenvalue weighted by Crippen LogP contribution is -2.50. The highest BCUT2D eigenvalue weighted by molar-refractivity contribution is 5.91. The molecule has 0 amide bonds. The minimum atomic E-state index is -0.732. The summed E-state index contributed by atoms with van der Waals surface area (Å²) >= 11 is 0. The molecule has 5 unspecified atom stereocenters. The van der Waals surface area contributed by atoms with Gasteiger partial charge in [-0.15, -0.1) is 6.58 Å². The number of esters is 2. The first-order valence-electron chi connectivity index (χ1n) is 7.23. The fourth-order valence-corrected chi connectivity index (χ4v) is 3.61. The second-order valence-corrected chi connectivity index (χ2v) is 6.32. The SMILES string of the molecule is C=CC1(C)CC(O)C2C(=C)C(=O)OC2C1C(=C)COC(C)=O. The van der Waals surface area contributed by atoms with E-state index in [0.29, 0.717) is 12.0 Å². The summed E-state index contributed by atoms with van der Waals surface area (Å²) in [7, 11) is 0. The third-order valence-corrected chi connectivity index (χ3v) is 4.73. The molecule has 1 aliphatic carbocycles. The molecule has 1 saturated carbocycles. The third kappa shape index (κ3) is 2.61. The van der Waals surface area contributed by atoms with E-state index in [0.717, 1.165) is 0 Å². The molecule has 0 radical (unpaired) electrons. The Labute approximate surface area is 130 Å². The Morgan fingerprint density at radius 1 is 1.59 bits per heavy atom. The van der Waals surface area contributed by atoms with Crippen LogP contribution in [-0.4, -0.2) is 35.9 Å². The number of rotatable bonds is 4. The molecule has 5 atom stereocenters. The minimum Gasteiger partial charge on any atom is -0.461 e. The van der Waals surface area contributed by atoms with E-state index in [2.05, 4.69) is 19.7 Å². The van der Waals surface area contributed by atoms with Gasteiger partial charge in [-0.2, -0.15) is 0 Å². The van der Waals surface area contributed by atoms with Crippen molar-refractivity contribution in [3.05, 3.63) is 37.0 Å². The smallest absolute Gasteiger partial charge is 0.334 e. The van der Waals surface area contributed by atoms with E-state index in [1.165, 1.54) is 6.92 Å².